The van der Waals surface area contributed by atoms with Gasteiger partial charge < -0.3 is 5.32 Å². The third-order valence-corrected chi connectivity index (χ3v) is 4.56. The van der Waals surface area contributed by atoms with Gasteiger partial charge in [-0.05, 0) is 30.3 Å². The van der Waals surface area contributed by atoms with Gasteiger partial charge in [-0.2, -0.15) is 0 Å². The Morgan fingerprint density at radius 2 is 1.76 bits per heavy atom. The van der Waals surface area contributed by atoms with E-state index in [-0.39, 0.29) is 18.0 Å². The number of amides is 1. The molecule has 3 aromatic carbocycles. The maximum Gasteiger partial charge on any atom is 0.271 e. The van der Waals surface area contributed by atoms with Crippen molar-refractivity contribution in [2.45, 2.75) is 12.8 Å². The molecule has 0 saturated heterocycles. The van der Waals surface area contributed by atoms with Crippen LogP contribution >= 0.6 is 0 Å². The molecule has 144 valence electrons. The Kier molecular flexibility index (Phi) is 5.03. The molecule has 0 aliphatic heterocycles. The first kappa shape index (κ1) is 18.4. The van der Waals surface area contributed by atoms with Crippen LogP contribution in [0.25, 0.3) is 16.7 Å². The molecule has 0 spiro atoms. The number of nitrogens with one attached hydrogen (secondary N) is 1. The molecule has 0 aliphatic rings. The molecule has 1 N–H and O–H groups in total. The molecule has 0 atom stereocenters. The second kappa shape index (κ2) is 7.93. The van der Waals surface area contributed by atoms with Crippen LogP contribution in [-0.2, 0) is 11.2 Å². The van der Waals surface area contributed by atoms with Gasteiger partial charge in [-0.3, -0.25) is 19.5 Å². The quantitative estimate of drug-likeness (QED) is 0.390. The SMILES string of the molecule is O=C(CCc1nc2ccccc2n1-c1ccccc1)Nc1cccc([N+](=O)[O-])c1. The van der Waals surface area contributed by atoms with Gasteiger partial charge in [0.25, 0.3) is 5.69 Å². The number of imidazole rings is 1. The molecule has 4 rings (SSSR count). The topological polar surface area (TPSA) is 90.1 Å². The van der Waals surface area contributed by atoms with Gasteiger partial charge >= 0.3 is 0 Å². The van der Waals surface area contributed by atoms with Gasteiger partial charge in [-0.25, -0.2) is 4.98 Å². The third-order valence-electron chi connectivity index (χ3n) is 4.56. The first-order valence-electron chi connectivity index (χ1n) is 9.18. The number of nitro groups is 1. The van der Waals surface area contributed by atoms with Crippen molar-refractivity contribution in [3.05, 3.63) is 94.8 Å². The maximum absolute atomic E-state index is 12.4. The van der Waals surface area contributed by atoms with Crippen molar-refractivity contribution in [1.29, 1.82) is 0 Å². The van der Waals surface area contributed by atoms with Crippen LogP contribution in [0, 0.1) is 10.1 Å². The van der Waals surface area contributed by atoms with E-state index in [0.29, 0.717) is 12.1 Å². The second-order valence-corrected chi connectivity index (χ2v) is 6.54. The van der Waals surface area contributed by atoms with E-state index in [1.165, 1.54) is 12.1 Å². The van der Waals surface area contributed by atoms with Gasteiger partial charge in [0.05, 0.1) is 16.0 Å². The summed E-state index contributed by atoms with van der Waals surface area (Å²) in [5, 5.41) is 13.6. The van der Waals surface area contributed by atoms with Crippen molar-refractivity contribution in [3.63, 3.8) is 0 Å². The third kappa shape index (κ3) is 3.98. The number of hydrogen-bond donors (Lipinski definition) is 1. The van der Waals surface area contributed by atoms with E-state index < -0.39 is 4.92 Å². The lowest BCUT2D eigenvalue weighted by atomic mass is 10.2. The molecule has 0 unspecified atom stereocenters. The molecule has 1 heterocycles. The minimum Gasteiger partial charge on any atom is -0.326 e. The zero-order chi connectivity index (χ0) is 20.2. The Labute approximate surface area is 166 Å². The zero-order valence-electron chi connectivity index (χ0n) is 15.5. The van der Waals surface area contributed by atoms with E-state index >= 15 is 0 Å². The van der Waals surface area contributed by atoms with Gasteiger partial charge in [0.15, 0.2) is 0 Å². The number of carbonyl (C=O) groups is 1. The number of fused-ring (bicyclic) bond motifs is 1. The number of non-ortho nitro benzene ring substituents is 1. The highest BCUT2D eigenvalue weighted by atomic mass is 16.6. The molecule has 7 nitrogen and oxygen atoms in total. The Bertz CT molecular complexity index is 1190. The second-order valence-electron chi connectivity index (χ2n) is 6.54. The number of nitro benzene ring substituents is 1. The van der Waals surface area contributed by atoms with Crippen molar-refractivity contribution in [2.75, 3.05) is 5.32 Å². The van der Waals surface area contributed by atoms with E-state index in [0.717, 1.165) is 22.5 Å². The van der Waals surface area contributed by atoms with Gasteiger partial charge in [0.2, 0.25) is 5.91 Å². The lowest BCUT2D eigenvalue weighted by molar-refractivity contribution is -0.384. The van der Waals surface area contributed by atoms with E-state index in [4.69, 9.17) is 4.98 Å². The summed E-state index contributed by atoms with van der Waals surface area (Å²) < 4.78 is 2.05. The number of nitrogens with zero attached hydrogens (tertiary/aromatic N) is 3. The molecule has 1 amide bonds. The molecule has 0 bridgehead atoms. The summed E-state index contributed by atoms with van der Waals surface area (Å²) in [5.41, 5.74) is 3.17. The van der Waals surface area contributed by atoms with E-state index in [1.54, 1.807) is 12.1 Å². The largest absolute Gasteiger partial charge is 0.326 e. The van der Waals surface area contributed by atoms with Gasteiger partial charge in [0, 0.05) is 36.3 Å². The Morgan fingerprint density at radius 3 is 2.55 bits per heavy atom. The molecule has 0 fully saturated rings. The number of carbonyl (C=O) groups excluding carboxylic acids is 1. The molecule has 4 aromatic rings. The van der Waals surface area contributed by atoms with E-state index in [9.17, 15) is 14.9 Å². The predicted molar refractivity (Wildman–Crippen MR) is 111 cm³/mol. The maximum atomic E-state index is 12.4. The molecule has 0 radical (unpaired) electrons. The Morgan fingerprint density at radius 1 is 1.00 bits per heavy atom. The molecular weight excluding hydrogens is 368 g/mol. The highest BCUT2D eigenvalue weighted by Crippen LogP contribution is 2.23. The molecule has 0 aliphatic carbocycles. The fourth-order valence-electron chi connectivity index (χ4n) is 3.25. The highest BCUT2D eigenvalue weighted by molar-refractivity contribution is 5.91. The van der Waals surface area contributed by atoms with Crippen molar-refractivity contribution < 1.29 is 9.72 Å². The molecule has 7 heteroatoms. The van der Waals surface area contributed by atoms with E-state index in [2.05, 4.69) is 9.88 Å². The molecular formula is C22H18N4O3. The Balaban J connectivity index is 1.55. The summed E-state index contributed by atoms with van der Waals surface area (Å²) in [6.45, 7) is 0. The number of hydrogen-bond acceptors (Lipinski definition) is 4. The highest BCUT2D eigenvalue weighted by Gasteiger charge is 2.14. The molecule has 1 aromatic heterocycles. The predicted octanol–water partition coefficient (Wildman–Crippen LogP) is 4.51. The number of aromatic nitrogens is 2. The van der Waals surface area contributed by atoms with Crippen LogP contribution in [0.5, 0.6) is 0 Å². The van der Waals surface area contributed by atoms with Crippen LogP contribution in [0.3, 0.4) is 0 Å². The number of anilines is 1. The molecule has 0 saturated carbocycles. The summed E-state index contributed by atoms with van der Waals surface area (Å²) in [5.74, 6) is 0.559. The normalized spacial score (nSPS) is 10.8. The average Bonchev–Trinajstić information content (AvgIpc) is 3.11. The summed E-state index contributed by atoms with van der Waals surface area (Å²) in [6.07, 6.45) is 0.642. The number of benzene rings is 3. The van der Waals surface area contributed by atoms with Gasteiger partial charge in [-0.15, -0.1) is 0 Å². The van der Waals surface area contributed by atoms with Crippen molar-refractivity contribution in [1.82, 2.24) is 9.55 Å². The molecule has 29 heavy (non-hydrogen) atoms. The Hall–Kier alpha value is -4.00. The van der Waals surface area contributed by atoms with Crippen molar-refractivity contribution in [2.24, 2.45) is 0 Å². The van der Waals surface area contributed by atoms with Crippen molar-refractivity contribution >= 4 is 28.3 Å². The monoisotopic (exact) mass is 386 g/mol. The number of para-hydroxylation sites is 3. The van der Waals surface area contributed by atoms with Gasteiger partial charge in [-0.1, -0.05) is 36.4 Å². The van der Waals surface area contributed by atoms with Gasteiger partial charge in [0.1, 0.15) is 5.82 Å². The zero-order valence-corrected chi connectivity index (χ0v) is 15.5. The fourth-order valence-corrected chi connectivity index (χ4v) is 3.25. The van der Waals surface area contributed by atoms with Crippen LogP contribution in [0.1, 0.15) is 12.2 Å². The smallest absolute Gasteiger partial charge is 0.271 e. The lowest BCUT2D eigenvalue weighted by Crippen LogP contribution is -2.14. The average molecular weight is 386 g/mol. The standard InChI is InChI=1S/C22H18N4O3/c27-22(23-16-7-6-10-18(15-16)26(28)29)14-13-21-24-19-11-4-5-12-20(19)25(21)17-8-2-1-3-9-17/h1-12,15H,13-14H2,(H,23,27). The van der Waals surface area contributed by atoms with Crippen LogP contribution in [0.4, 0.5) is 11.4 Å². The minimum absolute atomic E-state index is 0.0614. The van der Waals surface area contributed by atoms with Crippen LogP contribution in [-0.4, -0.2) is 20.4 Å². The first-order valence-corrected chi connectivity index (χ1v) is 9.18. The lowest BCUT2D eigenvalue weighted by Gasteiger charge is -2.09. The number of aryl methyl sites for hydroxylation is 1. The summed E-state index contributed by atoms with van der Waals surface area (Å²) in [4.78, 5) is 27.5. The summed E-state index contributed by atoms with van der Waals surface area (Å²) in [6, 6.07) is 23.6. The first-order chi connectivity index (χ1) is 14.1. The number of rotatable bonds is 6. The summed E-state index contributed by atoms with van der Waals surface area (Å²) >= 11 is 0. The van der Waals surface area contributed by atoms with Crippen LogP contribution < -0.4 is 5.32 Å². The van der Waals surface area contributed by atoms with Crippen LogP contribution in [0.2, 0.25) is 0 Å². The minimum atomic E-state index is -0.488. The summed E-state index contributed by atoms with van der Waals surface area (Å²) in [7, 11) is 0. The fraction of sp³-hybridized carbons (Fsp3) is 0.0909. The van der Waals surface area contributed by atoms with Crippen LogP contribution in [0.15, 0.2) is 78.9 Å². The van der Waals surface area contributed by atoms with E-state index in [1.807, 2.05) is 54.6 Å². The van der Waals surface area contributed by atoms with Crippen molar-refractivity contribution in [3.8, 4) is 5.69 Å².